The van der Waals surface area contributed by atoms with Gasteiger partial charge in [0.05, 0.1) is 0 Å². The first-order valence-corrected chi connectivity index (χ1v) is 6.21. The van der Waals surface area contributed by atoms with Crippen molar-refractivity contribution >= 4 is 0 Å². The van der Waals surface area contributed by atoms with Crippen LogP contribution in [0, 0.1) is 22.7 Å². The standard InChI is InChI=1S/C14H28/c1-13(2,3)11-7-9-12(10-8-11)14(4,5)6/h11-12H,7-10H2,1-6H3. The first kappa shape index (κ1) is 12.1. The Morgan fingerprint density at radius 2 is 0.786 bits per heavy atom. The van der Waals surface area contributed by atoms with E-state index in [4.69, 9.17) is 0 Å². The zero-order valence-electron chi connectivity index (χ0n) is 11.0. The second-order valence-electron chi connectivity index (χ2n) is 7.28. The van der Waals surface area contributed by atoms with E-state index in [-0.39, 0.29) is 0 Å². The lowest BCUT2D eigenvalue weighted by Gasteiger charge is -2.41. The molecule has 84 valence electrons. The number of rotatable bonds is 0. The lowest BCUT2D eigenvalue weighted by molar-refractivity contribution is 0.0970. The Kier molecular flexibility index (Phi) is 3.33. The van der Waals surface area contributed by atoms with Crippen molar-refractivity contribution in [2.45, 2.75) is 67.2 Å². The van der Waals surface area contributed by atoms with Gasteiger partial charge in [-0.25, -0.2) is 0 Å². The third-order valence-corrected chi connectivity index (χ3v) is 4.18. The fraction of sp³-hybridized carbons (Fsp3) is 1.00. The van der Waals surface area contributed by atoms with Crippen LogP contribution >= 0.6 is 0 Å². The van der Waals surface area contributed by atoms with Gasteiger partial charge in [0.25, 0.3) is 0 Å². The molecule has 0 radical (unpaired) electrons. The quantitative estimate of drug-likeness (QED) is 0.518. The van der Waals surface area contributed by atoms with Crippen LogP contribution in [0.15, 0.2) is 0 Å². The van der Waals surface area contributed by atoms with E-state index < -0.39 is 0 Å². The molecule has 0 heterocycles. The fourth-order valence-corrected chi connectivity index (χ4v) is 2.83. The second kappa shape index (κ2) is 3.87. The Balaban J connectivity index is 2.47. The van der Waals surface area contributed by atoms with Gasteiger partial charge in [0.15, 0.2) is 0 Å². The minimum atomic E-state index is 0.531. The van der Waals surface area contributed by atoms with Gasteiger partial charge in [-0.3, -0.25) is 0 Å². The minimum absolute atomic E-state index is 0.531. The molecule has 1 aliphatic rings. The predicted octanol–water partition coefficient (Wildman–Crippen LogP) is 4.89. The van der Waals surface area contributed by atoms with Gasteiger partial charge < -0.3 is 0 Å². The van der Waals surface area contributed by atoms with Crippen molar-refractivity contribution in [1.29, 1.82) is 0 Å². The third-order valence-electron chi connectivity index (χ3n) is 4.18. The van der Waals surface area contributed by atoms with E-state index in [1.165, 1.54) is 25.7 Å². The molecule has 1 saturated carbocycles. The van der Waals surface area contributed by atoms with Crippen molar-refractivity contribution in [2.75, 3.05) is 0 Å². The zero-order valence-corrected chi connectivity index (χ0v) is 11.0. The summed E-state index contributed by atoms with van der Waals surface area (Å²) in [4.78, 5) is 0. The molecule has 0 N–H and O–H groups in total. The first-order chi connectivity index (χ1) is 6.21. The van der Waals surface area contributed by atoms with Gasteiger partial charge >= 0.3 is 0 Å². The van der Waals surface area contributed by atoms with E-state index in [1.54, 1.807) is 0 Å². The van der Waals surface area contributed by atoms with Crippen LogP contribution in [-0.4, -0.2) is 0 Å². The summed E-state index contributed by atoms with van der Waals surface area (Å²) < 4.78 is 0. The highest BCUT2D eigenvalue weighted by Crippen LogP contribution is 2.44. The topological polar surface area (TPSA) is 0 Å². The first-order valence-electron chi connectivity index (χ1n) is 6.21. The molecule has 0 nitrogen and oxygen atoms in total. The molecule has 0 aromatic heterocycles. The minimum Gasteiger partial charge on any atom is -0.0599 e. The Morgan fingerprint density at radius 1 is 0.571 bits per heavy atom. The maximum atomic E-state index is 2.40. The summed E-state index contributed by atoms with van der Waals surface area (Å²) in [6.07, 6.45) is 5.80. The van der Waals surface area contributed by atoms with Gasteiger partial charge in [0.1, 0.15) is 0 Å². The van der Waals surface area contributed by atoms with Crippen LogP contribution in [0.2, 0.25) is 0 Å². The number of hydrogen-bond donors (Lipinski definition) is 0. The molecule has 0 unspecified atom stereocenters. The highest BCUT2D eigenvalue weighted by atomic mass is 14.4. The molecule has 0 atom stereocenters. The van der Waals surface area contributed by atoms with Crippen LogP contribution in [0.4, 0.5) is 0 Å². The smallest absolute Gasteiger partial charge is 0.0354 e. The van der Waals surface area contributed by atoms with Gasteiger partial charge in [0.2, 0.25) is 0 Å². The summed E-state index contributed by atoms with van der Waals surface area (Å²) in [7, 11) is 0. The summed E-state index contributed by atoms with van der Waals surface area (Å²) in [6, 6.07) is 0. The van der Waals surface area contributed by atoms with Crippen molar-refractivity contribution in [3.05, 3.63) is 0 Å². The molecule has 14 heavy (non-hydrogen) atoms. The van der Waals surface area contributed by atoms with Gasteiger partial charge in [-0.05, 0) is 48.3 Å². The van der Waals surface area contributed by atoms with Crippen LogP contribution in [0.5, 0.6) is 0 Å². The normalized spacial score (nSPS) is 30.4. The van der Waals surface area contributed by atoms with E-state index in [0.29, 0.717) is 10.8 Å². The van der Waals surface area contributed by atoms with Crippen molar-refractivity contribution in [3.8, 4) is 0 Å². The Morgan fingerprint density at radius 3 is 0.929 bits per heavy atom. The Labute approximate surface area is 90.5 Å². The van der Waals surface area contributed by atoms with E-state index in [0.717, 1.165) is 11.8 Å². The molecule has 0 aromatic carbocycles. The molecule has 0 saturated heterocycles. The molecule has 0 aromatic rings. The van der Waals surface area contributed by atoms with Crippen LogP contribution in [-0.2, 0) is 0 Å². The predicted molar refractivity (Wildman–Crippen MR) is 64.4 cm³/mol. The molecule has 1 fully saturated rings. The summed E-state index contributed by atoms with van der Waals surface area (Å²) in [5.74, 6) is 1.92. The average Bonchev–Trinajstić information content (AvgIpc) is 2.01. The number of hydrogen-bond acceptors (Lipinski definition) is 0. The highest BCUT2D eigenvalue weighted by molar-refractivity contribution is 4.84. The molecule has 0 aliphatic heterocycles. The SMILES string of the molecule is CC(C)(C)C1CCC(C(C)(C)C)CC1. The van der Waals surface area contributed by atoms with E-state index in [2.05, 4.69) is 41.5 Å². The fourth-order valence-electron chi connectivity index (χ4n) is 2.83. The van der Waals surface area contributed by atoms with Crippen molar-refractivity contribution in [3.63, 3.8) is 0 Å². The zero-order chi connectivity index (χ0) is 11.0. The van der Waals surface area contributed by atoms with Crippen LogP contribution < -0.4 is 0 Å². The summed E-state index contributed by atoms with van der Waals surface area (Å²) in [5, 5.41) is 0. The van der Waals surface area contributed by atoms with Gasteiger partial charge in [-0.1, -0.05) is 41.5 Å². The summed E-state index contributed by atoms with van der Waals surface area (Å²) in [5.41, 5.74) is 1.06. The van der Waals surface area contributed by atoms with Gasteiger partial charge in [0, 0.05) is 0 Å². The van der Waals surface area contributed by atoms with Crippen LogP contribution in [0.1, 0.15) is 67.2 Å². The van der Waals surface area contributed by atoms with E-state index >= 15 is 0 Å². The highest BCUT2D eigenvalue weighted by Gasteiger charge is 2.33. The summed E-state index contributed by atoms with van der Waals surface area (Å²) >= 11 is 0. The lowest BCUT2D eigenvalue weighted by atomic mass is 9.64. The second-order valence-corrected chi connectivity index (χ2v) is 7.28. The van der Waals surface area contributed by atoms with Crippen molar-refractivity contribution in [2.24, 2.45) is 22.7 Å². The van der Waals surface area contributed by atoms with Gasteiger partial charge in [-0.15, -0.1) is 0 Å². The van der Waals surface area contributed by atoms with Crippen LogP contribution in [0.3, 0.4) is 0 Å². The molecular formula is C14H28. The molecule has 0 amide bonds. The maximum absolute atomic E-state index is 2.40. The average molecular weight is 196 g/mol. The Hall–Kier alpha value is 0. The van der Waals surface area contributed by atoms with Crippen LogP contribution in [0.25, 0.3) is 0 Å². The molecule has 1 rings (SSSR count). The molecule has 0 bridgehead atoms. The molecule has 1 aliphatic carbocycles. The molecule has 0 heteroatoms. The van der Waals surface area contributed by atoms with E-state index in [1.807, 2.05) is 0 Å². The van der Waals surface area contributed by atoms with E-state index in [9.17, 15) is 0 Å². The molecule has 0 spiro atoms. The maximum Gasteiger partial charge on any atom is -0.0354 e. The Bertz CT molecular complexity index is 147. The summed E-state index contributed by atoms with van der Waals surface area (Å²) in [6.45, 7) is 14.4. The lowest BCUT2D eigenvalue weighted by Crippen LogP contribution is -2.30. The largest absolute Gasteiger partial charge is 0.0599 e. The van der Waals surface area contributed by atoms with Gasteiger partial charge in [-0.2, -0.15) is 0 Å². The van der Waals surface area contributed by atoms with Crippen molar-refractivity contribution in [1.82, 2.24) is 0 Å². The third kappa shape index (κ3) is 3.00. The monoisotopic (exact) mass is 196 g/mol. The van der Waals surface area contributed by atoms with Crippen molar-refractivity contribution < 1.29 is 0 Å². The molecular weight excluding hydrogens is 168 g/mol.